The minimum Gasteiger partial charge on any atom is -0.361 e. The highest BCUT2D eigenvalue weighted by atomic mass is 15.0. The third-order valence-electron chi connectivity index (χ3n) is 10.2. The Kier molecular flexibility index (Phi) is 7.43. The van der Waals surface area contributed by atoms with E-state index < -0.39 is 0 Å². The summed E-state index contributed by atoms with van der Waals surface area (Å²) in [7, 11) is 0. The maximum absolute atomic E-state index is 9.52. The number of nitriles is 1. The summed E-state index contributed by atoms with van der Waals surface area (Å²) in [6.07, 6.45) is 3.31. The van der Waals surface area contributed by atoms with Crippen LogP contribution in [-0.2, 0) is 0 Å². The number of hydrogen-bond acceptors (Lipinski definition) is 5. The van der Waals surface area contributed by atoms with Crippen molar-refractivity contribution in [2.75, 3.05) is 0 Å². The van der Waals surface area contributed by atoms with E-state index in [9.17, 15) is 5.26 Å². The zero-order valence-electron chi connectivity index (χ0n) is 29.2. The zero-order valence-corrected chi connectivity index (χ0v) is 29.2. The molecule has 7 heteroatoms. The van der Waals surface area contributed by atoms with Crippen molar-refractivity contribution in [3.63, 3.8) is 0 Å². The molecule has 10 rings (SSSR count). The molecule has 0 aliphatic heterocycles. The number of pyridine rings is 4. The number of aromatic nitrogens is 5. The zero-order chi connectivity index (χ0) is 36.9. The third-order valence-corrected chi connectivity index (χ3v) is 10.2. The molecule has 0 aliphatic carbocycles. The molecule has 5 heterocycles. The van der Waals surface area contributed by atoms with E-state index in [2.05, 4.69) is 123 Å². The van der Waals surface area contributed by atoms with Crippen molar-refractivity contribution in [3.05, 3.63) is 181 Å². The van der Waals surface area contributed by atoms with Gasteiger partial charge in [0.2, 0.25) is 0 Å². The van der Waals surface area contributed by atoms with Gasteiger partial charge in [-0.05, 0) is 99.9 Å². The van der Waals surface area contributed by atoms with Gasteiger partial charge < -0.3 is 9.41 Å². The third kappa shape index (κ3) is 5.27. The molecule has 254 valence electrons. The lowest BCUT2D eigenvalue weighted by molar-refractivity contribution is 1.18. The molecular weight excluding hydrogens is 675 g/mol. The Morgan fingerprint density at radius 2 is 1.02 bits per heavy atom. The van der Waals surface area contributed by atoms with Crippen LogP contribution in [0.2, 0.25) is 0 Å². The Morgan fingerprint density at radius 3 is 1.58 bits per heavy atom. The minimum atomic E-state index is 0.336. The maximum atomic E-state index is 9.52. The van der Waals surface area contributed by atoms with Gasteiger partial charge in [-0.1, -0.05) is 85.4 Å². The molecule has 0 radical (unpaired) electrons. The number of fused-ring (bicyclic) bond motifs is 7. The van der Waals surface area contributed by atoms with Gasteiger partial charge in [-0.25, -0.2) is 15.0 Å². The fourth-order valence-electron chi connectivity index (χ4n) is 7.79. The predicted molar refractivity (Wildman–Crippen MR) is 220 cm³/mol. The molecule has 0 aliphatic rings. The molecule has 0 fully saturated rings. The molecule has 55 heavy (non-hydrogen) atoms. The van der Waals surface area contributed by atoms with Gasteiger partial charge >= 0.3 is 0 Å². The van der Waals surface area contributed by atoms with Crippen LogP contribution in [0.15, 0.2) is 164 Å². The van der Waals surface area contributed by atoms with Crippen LogP contribution in [0.25, 0.3) is 98.9 Å². The highest BCUT2D eigenvalue weighted by Crippen LogP contribution is 2.46. The molecular formula is C48H27N7. The highest BCUT2D eigenvalue weighted by Gasteiger charge is 2.22. The fraction of sp³-hybridized carbons (Fsp3) is 0. The van der Waals surface area contributed by atoms with Crippen LogP contribution in [0.5, 0.6) is 0 Å². The van der Waals surface area contributed by atoms with Crippen LogP contribution < -0.4 is 0 Å². The molecule has 0 bridgehead atoms. The largest absolute Gasteiger partial charge is 0.361 e. The molecule has 0 saturated carbocycles. The first-order valence-electron chi connectivity index (χ1n) is 17.8. The molecule has 0 atom stereocenters. The normalized spacial score (nSPS) is 11.2. The first kappa shape index (κ1) is 31.7. The summed E-state index contributed by atoms with van der Waals surface area (Å²) in [4.78, 5) is 22.2. The van der Waals surface area contributed by atoms with E-state index >= 15 is 0 Å². The summed E-state index contributed by atoms with van der Waals surface area (Å²) in [5, 5.41) is 16.3. The average molecular weight is 702 g/mol. The molecule has 5 aromatic heterocycles. The maximum Gasteiger partial charge on any atom is 0.270 e. The Morgan fingerprint density at radius 1 is 0.509 bits per heavy atom. The van der Waals surface area contributed by atoms with Crippen molar-refractivity contribution in [1.29, 1.82) is 5.26 Å². The quantitative estimate of drug-likeness (QED) is 0.167. The van der Waals surface area contributed by atoms with Gasteiger partial charge in [-0.3, -0.25) is 0 Å². The summed E-state index contributed by atoms with van der Waals surface area (Å²) in [6.45, 7) is 7.48. The summed E-state index contributed by atoms with van der Waals surface area (Å²) < 4.78 is 2.36. The van der Waals surface area contributed by atoms with Gasteiger partial charge in [-0.15, -0.1) is 4.98 Å². The van der Waals surface area contributed by atoms with E-state index in [-0.39, 0.29) is 0 Å². The number of nitrogens with zero attached hydrogens (tertiary/aromatic N) is 7. The standard InChI is InChI=1S/C48H27N7/c1-50-46-26-31(22-24-52-46)41-18-10-20-43(54-41)39-28-45-48(37-16-8-6-14-35(37)39)47-36-15-7-5-13-34(36)38(27-44(47)55(45)33-11-3-2-4-12-33)42-19-9-17-40(53-42)30-21-23-51-32(25-30)29-49/h2-28H. The molecule has 0 N–H and O–H groups in total. The second-order valence-corrected chi connectivity index (χ2v) is 13.3. The Balaban J connectivity index is 1.29. The van der Waals surface area contributed by atoms with Crippen molar-refractivity contribution < 1.29 is 0 Å². The van der Waals surface area contributed by atoms with E-state index in [1.54, 1.807) is 24.5 Å². The molecule has 0 spiro atoms. The number of rotatable bonds is 5. The van der Waals surface area contributed by atoms with Crippen LogP contribution >= 0.6 is 0 Å². The lowest BCUT2D eigenvalue weighted by Gasteiger charge is -2.13. The number of para-hydroxylation sites is 1. The van der Waals surface area contributed by atoms with E-state index in [0.717, 1.165) is 94.1 Å². The lowest BCUT2D eigenvalue weighted by atomic mass is 9.93. The Hall–Kier alpha value is -8.00. The molecule has 10 aromatic rings. The smallest absolute Gasteiger partial charge is 0.270 e. The van der Waals surface area contributed by atoms with Crippen molar-refractivity contribution in [3.8, 4) is 56.8 Å². The predicted octanol–water partition coefficient (Wildman–Crippen LogP) is 11.8. The lowest BCUT2D eigenvalue weighted by Crippen LogP contribution is -1.96. The van der Waals surface area contributed by atoms with Crippen LogP contribution in [0.3, 0.4) is 0 Å². The molecule has 7 nitrogen and oxygen atoms in total. The number of benzene rings is 5. The SMILES string of the molecule is [C-]#[N+]c1cc(-c2cccc(-c3cc4c(c5ccccc35)c3c5ccccc5c(-c5cccc(-c6ccnc(C#N)c6)n5)cc3n4-c3ccccc3)n2)ccn1. The Bertz CT molecular complexity index is 3040. The Labute approximate surface area is 315 Å². The molecule has 0 unspecified atom stereocenters. The first-order chi connectivity index (χ1) is 27.2. The van der Waals surface area contributed by atoms with E-state index in [1.165, 1.54) is 0 Å². The van der Waals surface area contributed by atoms with Crippen LogP contribution in [-0.4, -0.2) is 24.5 Å². The van der Waals surface area contributed by atoms with Gasteiger partial charge in [-0.2, -0.15) is 5.26 Å². The minimum absolute atomic E-state index is 0.336. The van der Waals surface area contributed by atoms with Crippen LogP contribution in [0.4, 0.5) is 5.82 Å². The van der Waals surface area contributed by atoms with Gasteiger partial charge in [0.1, 0.15) is 18.0 Å². The second kappa shape index (κ2) is 12.9. The van der Waals surface area contributed by atoms with Gasteiger partial charge in [0.05, 0.1) is 33.8 Å². The number of hydrogen-bond donors (Lipinski definition) is 0. The topological polar surface area (TPSA) is 84.6 Å². The summed E-state index contributed by atoms with van der Waals surface area (Å²) in [5.41, 5.74) is 10.4. The average Bonchev–Trinajstić information content (AvgIpc) is 3.61. The monoisotopic (exact) mass is 701 g/mol. The summed E-state index contributed by atoms with van der Waals surface area (Å²) in [6, 6.07) is 53.7. The van der Waals surface area contributed by atoms with Gasteiger partial charge in [0.25, 0.3) is 5.82 Å². The van der Waals surface area contributed by atoms with E-state index in [1.807, 2.05) is 42.5 Å². The highest BCUT2D eigenvalue weighted by molar-refractivity contribution is 6.31. The summed E-state index contributed by atoms with van der Waals surface area (Å²) >= 11 is 0. The van der Waals surface area contributed by atoms with E-state index in [4.69, 9.17) is 16.5 Å². The van der Waals surface area contributed by atoms with Crippen molar-refractivity contribution in [1.82, 2.24) is 24.5 Å². The van der Waals surface area contributed by atoms with Gasteiger partial charge in [0.15, 0.2) is 0 Å². The first-order valence-corrected chi connectivity index (χ1v) is 17.8. The second-order valence-electron chi connectivity index (χ2n) is 13.3. The van der Waals surface area contributed by atoms with Crippen LogP contribution in [0.1, 0.15) is 5.69 Å². The molecule has 0 amide bonds. The molecule has 0 saturated heterocycles. The van der Waals surface area contributed by atoms with E-state index in [0.29, 0.717) is 11.5 Å². The fourth-order valence-corrected chi connectivity index (χ4v) is 7.79. The van der Waals surface area contributed by atoms with Crippen molar-refractivity contribution >= 4 is 49.2 Å². The van der Waals surface area contributed by atoms with Gasteiger partial charge in [0, 0.05) is 39.3 Å². The molecule has 5 aromatic carbocycles. The van der Waals surface area contributed by atoms with Crippen molar-refractivity contribution in [2.24, 2.45) is 0 Å². The summed E-state index contributed by atoms with van der Waals surface area (Å²) in [5.74, 6) is 0.336. The van der Waals surface area contributed by atoms with Crippen molar-refractivity contribution in [2.45, 2.75) is 0 Å². The van der Waals surface area contributed by atoms with Crippen LogP contribution in [0, 0.1) is 17.9 Å².